The van der Waals surface area contributed by atoms with Crippen molar-refractivity contribution in [1.29, 1.82) is 0 Å². The van der Waals surface area contributed by atoms with Crippen molar-refractivity contribution in [3.63, 3.8) is 0 Å². The molecule has 2 heterocycles. The largest absolute Gasteiger partial charge is 0.478 e. The molecular weight excluding hydrogens is 462 g/mol. The molecule has 0 atom stereocenters. The summed E-state index contributed by atoms with van der Waals surface area (Å²) in [5.74, 6) is -1.73. The lowest BCUT2D eigenvalue weighted by molar-refractivity contribution is -0.137. The first kappa shape index (κ1) is 22.3. The lowest BCUT2D eigenvalue weighted by Crippen LogP contribution is -2.11. The van der Waals surface area contributed by atoms with Gasteiger partial charge in [-0.1, -0.05) is 37.0 Å². The van der Waals surface area contributed by atoms with Gasteiger partial charge in [0.05, 0.1) is 16.3 Å². The van der Waals surface area contributed by atoms with Crippen LogP contribution < -0.4 is 5.32 Å². The molecule has 2 aromatic heterocycles. The first-order valence-electron chi connectivity index (χ1n) is 8.51. The van der Waals surface area contributed by atoms with Crippen LogP contribution in [0.5, 0.6) is 0 Å². The van der Waals surface area contributed by atoms with Crippen LogP contribution in [0.15, 0.2) is 30.5 Å². The highest BCUT2D eigenvalue weighted by atomic mass is 35.5. The number of hydrogen-bond donors (Lipinski definition) is 2. The molecular formula is C19H14Cl2F3N3O2S. The molecule has 0 unspecified atom stereocenters. The molecule has 158 valence electrons. The Kier molecular flexibility index (Phi) is 6.26. The molecule has 0 aliphatic rings. The maximum absolute atomic E-state index is 12.9. The zero-order chi connectivity index (χ0) is 22.2. The zero-order valence-electron chi connectivity index (χ0n) is 15.5. The van der Waals surface area contributed by atoms with Crippen molar-refractivity contribution in [2.75, 3.05) is 5.32 Å². The van der Waals surface area contributed by atoms with Crippen molar-refractivity contribution in [1.82, 2.24) is 9.97 Å². The fourth-order valence-electron chi connectivity index (χ4n) is 2.63. The number of alkyl halides is 3. The van der Waals surface area contributed by atoms with E-state index >= 15 is 0 Å². The number of anilines is 2. The number of nitrogens with zero attached hydrogens (tertiary/aromatic N) is 2. The van der Waals surface area contributed by atoms with Crippen LogP contribution in [0.3, 0.4) is 0 Å². The van der Waals surface area contributed by atoms with Crippen molar-refractivity contribution in [2.45, 2.75) is 25.9 Å². The highest BCUT2D eigenvalue weighted by Gasteiger charge is 2.33. The quantitative estimate of drug-likeness (QED) is 0.411. The number of nitrogens with one attached hydrogen (secondary N) is 1. The molecule has 5 nitrogen and oxygen atoms in total. The summed E-state index contributed by atoms with van der Waals surface area (Å²) >= 11 is 13.5. The number of thiazole rings is 1. The predicted octanol–water partition coefficient (Wildman–Crippen LogP) is 7.10. The van der Waals surface area contributed by atoms with Gasteiger partial charge < -0.3 is 10.4 Å². The number of aromatic carboxylic acids is 1. The molecule has 0 aliphatic carbocycles. The smallest absolute Gasteiger partial charge is 0.417 e. The van der Waals surface area contributed by atoms with Crippen LogP contribution in [0.1, 0.15) is 40.6 Å². The van der Waals surface area contributed by atoms with E-state index in [1.807, 2.05) is 13.8 Å². The van der Waals surface area contributed by atoms with Crippen LogP contribution in [-0.2, 0) is 6.18 Å². The fourth-order valence-corrected chi connectivity index (χ4v) is 4.11. The van der Waals surface area contributed by atoms with E-state index in [1.54, 1.807) is 18.2 Å². The second-order valence-corrected chi connectivity index (χ2v) is 8.43. The van der Waals surface area contributed by atoms with E-state index in [0.29, 0.717) is 33.6 Å². The van der Waals surface area contributed by atoms with E-state index in [-0.39, 0.29) is 16.9 Å². The second kappa shape index (κ2) is 8.41. The number of aromatic nitrogens is 2. The Morgan fingerprint density at radius 2 is 1.93 bits per heavy atom. The molecule has 1 aromatic carbocycles. The number of hydrogen-bond acceptors (Lipinski definition) is 5. The minimum atomic E-state index is -4.71. The van der Waals surface area contributed by atoms with Crippen LogP contribution in [0, 0.1) is 0 Å². The summed E-state index contributed by atoms with van der Waals surface area (Å²) in [5, 5.41) is 13.2. The molecule has 0 saturated heterocycles. The van der Waals surface area contributed by atoms with Gasteiger partial charge in [-0.3, -0.25) is 0 Å². The summed E-state index contributed by atoms with van der Waals surface area (Å²) in [6.45, 7) is 3.90. The fraction of sp³-hybridized carbons (Fsp3) is 0.211. The van der Waals surface area contributed by atoms with E-state index in [9.17, 15) is 23.1 Å². The van der Waals surface area contributed by atoms with Gasteiger partial charge in [0.15, 0.2) is 5.13 Å². The van der Waals surface area contributed by atoms with E-state index < -0.39 is 23.3 Å². The Hall–Kier alpha value is -2.36. The summed E-state index contributed by atoms with van der Waals surface area (Å²) in [4.78, 5) is 20.5. The number of benzene rings is 1. The molecule has 0 bridgehead atoms. The van der Waals surface area contributed by atoms with Gasteiger partial charge in [0.1, 0.15) is 11.4 Å². The van der Waals surface area contributed by atoms with E-state index in [1.165, 1.54) is 11.3 Å². The molecule has 0 spiro atoms. The Bertz CT molecular complexity index is 1120. The molecule has 3 rings (SSSR count). The van der Waals surface area contributed by atoms with Crippen LogP contribution in [0.4, 0.5) is 24.1 Å². The standard InChI is InChI=1S/C19H14Cl2F3N3O2S/c1-8(2)15-14(11-4-3-10(20)6-13(11)21)26-18(30-15)27-16-12(17(28)29)5-9(7-25-16)19(22,23)24/h3-8H,1-2H3,(H,28,29)(H,25,26,27). The lowest BCUT2D eigenvalue weighted by atomic mass is 10.1. The summed E-state index contributed by atoms with van der Waals surface area (Å²) in [5.41, 5.74) is -0.561. The molecule has 0 aliphatic heterocycles. The minimum Gasteiger partial charge on any atom is -0.478 e. The molecule has 3 aromatic rings. The van der Waals surface area contributed by atoms with E-state index in [0.717, 1.165) is 4.88 Å². The van der Waals surface area contributed by atoms with Gasteiger partial charge in [-0.05, 0) is 30.2 Å². The van der Waals surface area contributed by atoms with Gasteiger partial charge in [0.2, 0.25) is 0 Å². The number of carboxylic acids is 1. The Morgan fingerprint density at radius 1 is 1.23 bits per heavy atom. The van der Waals surface area contributed by atoms with Crippen molar-refractivity contribution >= 4 is 51.5 Å². The molecule has 0 radical (unpaired) electrons. The normalized spacial score (nSPS) is 11.7. The summed E-state index contributed by atoms with van der Waals surface area (Å²) in [6.07, 6.45) is -4.14. The van der Waals surface area contributed by atoms with Gasteiger partial charge in [-0.15, -0.1) is 11.3 Å². The van der Waals surface area contributed by atoms with Gasteiger partial charge in [-0.2, -0.15) is 13.2 Å². The minimum absolute atomic E-state index is 0.0549. The summed E-state index contributed by atoms with van der Waals surface area (Å²) in [7, 11) is 0. The number of pyridine rings is 1. The highest BCUT2D eigenvalue weighted by molar-refractivity contribution is 7.16. The molecule has 11 heteroatoms. The Balaban J connectivity index is 2.05. The van der Waals surface area contributed by atoms with Crippen LogP contribution >= 0.6 is 34.5 Å². The summed E-state index contributed by atoms with van der Waals surface area (Å²) < 4.78 is 38.7. The van der Waals surface area contributed by atoms with Crippen LogP contribution in [0.25, 0.3) is 11.3 Å². The molecule has 0 saturated carbocycles. The SMILES string of the molecule is CC(C)c1sc(Nc2ncc(C(F)(F)F)cc2C(=O)O)nc1-c1ccc(Cl)cc1Cl. The van der Waals surface area contributed by atoms with E-state index in [2.05, 4.69) is 15.3 Å². The Morgan fingerprint density at radius 3 is 2.50 bits per heavy atom. The average Bonchev–Trinajstić information content (AvgIpc) is 3.04. The number of rotatable bonds is 5. The third-order valence-electron chi connectivity index (χ3n) is 4.03. The number of halogens is 5. The molecule has 30 heavy (non-hydrogen) atoms. The van der Waals surface area contributed by atoms with Crippen molar-refractivity contribution in [3.8, 4) is 11.3 Å². The maximum atomic E-state index is 12.9. The lowest BCUT2D eigenvalue weighted by Gasteiger charge is -2.10. The van der Waals surface area contributed by atoms with Crippen molar-refractivity contribution in [2.24, 2.45) is 0 Å². The molecule has 2 N–H and O–H groups in total. The topological polar surface area (TPSA) is 75.1 Å². The van der Waals surface area contributed by atoms with Crippen molar-refractivity contribution in [3.05, 3.63) is 56.5 Å². The second-order valence-electron chi connectivity index (χ2n) is 6.56. The molecule has 0 fully saturated rings. The predicted molar refractivity (Wildman–Crippen MR) is 111 cm³/mol. The first-order valence-corrected chi connectivity index (χ1v) is 10.1. The average molecular weight is 476 g/mol. The maximum Gasteiger partial charge on any atom is 0.417 e. The van der Waals surface area contributed by atoms with Gasteiger partial charge >= 0.3 is 12.1 Å². The highest BCUT2D eigenvalue weighted by Crippen LogP contribution is 2.40. The van der Waals surface area contributed by atoms with Crippen LogP contribution in [0.2, 0.25) is 10.0 Å². The van der Waals surface area contributed by atoms with Crippen molar-refractivity contribution < 1.29 is 23.1 Å². The first-order chi connectivity index (χ1) is 14.0. The zero-order valence-corrected chi connectivity index (χ0v) is 17.8. The summed E-state index contributed by atoms with van der Waals surface area (Å²) in [6, 6.07) is 5.49. The van der Waals surface area contributed by atoms with Gasteiger partial charge in [0.25, 0.3) is 0 Å². The van der Waals surface area contributed by atoms with E-state index in [4.69, 9.17) is 23.2 Å². The Labute approximate surface area is 183 Å². The third-order valence-corrected chi connectivity index (χ3v) is 5.85. The number of carbonyl (C=O) groups is 1. The number of carboxylic acid groups (broad SMARTS) is 1. The molecule has 0 amide bonds. The third kappa shape index (κ3) is 4.69. The van der Waals surface area contributed by atoms with Crippen LogP contribution in [-0.4, -0.2) is 21.0 Å². The monoisotopic (exact) mass is 475 g/mol. The van der Waals surface area contributed by atoms with Gasteiger partial charge in [0, 0.05) is 21.7 Å². The van der Waals surface area contributed by atoms with Gasteiger partial charge in [-0.25, -0.2) is 14.8 Å².